The molecule has 6 nitrogen and oxygen atoms in total. The summed E-state index contributed by atoms with van der Waals surface area (Å²) in [6.07, 6.45) is 0.215. The average molecular weight is 555 g/mol. The Bertz CT molecular complexity index is 1310. The van der Waals surface area contributed by atoms with Crippen molar-refractivity contribution in [3.05, 3.63) is 94.5 Å². The van der Waals surface area contributed by atoms with Crippen molar-refractivity contribution in [3.8, 4) is 0 Å². The molecule has 3 aromatic rings. The highest BCUT2D eigenvalue weighted by Gasteiger charge is 2.46. The van der Waals surface area contributed by atoms with E-state index < -0.39 is 27.9 Å². The fraction of sp³-hybridized carbons (Fsp3) is 0.259. The second-order valence-electron chi connectivity index (χ2n) is 8.84. The van der Waals surface area contributed by atoms with Gasteiger partial charge in [0, 0.05) is 11.0 Å². The highest BCUT2D eigenvalue weighted by Crippen LogP contribution is 2.31. The summed E-state index contributed by atoms with van der Waals surface area (Å²) in [5.41, 5.74) is 2.49. The van der Waals surface area contributed by atoms with Gasteiger partial charge in [0.1, 0.15) is 6.04 Å². The first-order valence-electron chi connectivity index (χ1n) is 11.5. The standard InChI is InChI=1S/C27H27BrN2O4S/c1-19(2)21-8-12-23(13-9-21)30-26(31)18-25(27(30)32)29(17-16-20-6-4-3-5-7-20)35(33,34)24-14-10-22(28)11-15-24/h3-15,19,25H,16-18H2,1-2H3. The number of hydrogen-bond acceptors (Lipinski definition) is 4. The molecule has 1 atom stereocenters. The molecule has 1 heterocycles. The maximum atomic E-state index is 13.7. The summed E-state index contributed by atoms with van der Waals surface area (Å²) in [7, 11) is -4.04. The molecule has 182 valence electrons. The lowest BCUT2D eigenvalue weighted by Gasteiger charge is -2.27. The number of sulfonamides is 1. The van der Waals surface area contributed by atoms with Crippen molar-refractivity contribution in [1.29, 1.82) is 0 Å². The molecule has 0 saturated carbocycles. The molecule has 0 aromatic heterocycles. The van der Waals surface area contributed by atoms with Crippen LogP contribution in [0.1, 0.15) is 37.3 Å². The van der Waals surface area contributed by atoms with Gasteiger partial charge in [-0.2, -0.15) is 4.31 Å². The number of imide groups is 1. The minimum absolute atomic E-state index is 0.0756. The monoisotopic (exact) mass is 554 g/mol. The lowest BCUT2D eigenvalue weighted by Crippen LogP contribution is -2.46. The second-order valence-corrected chi connectivity index (χ2v) is 11.6. The highest BCUT2D eigenvalue weighted by atomic mass is 79.9. The van der Waals surface area contributed by atoms with Crippen molar-refractivity contribution < 1.29 is 18.0 Å². The minimum atomic E-state index is -4.04. The van der Waals surface area contributed by atoms with Crippen LogP contribution in [-0.4, -0.2) is 37.1 Å². The highest BCUT2D eigenvalue weighted by molar-refractivity contribution is 9.10. The van der Waals surface area contributed by atoms with Crippen molar-refractivity contribution >= 4 is 43.5 Å². The van der Waals surface area contributed by atoms with Gasteiger partial charge in [0.2, 0.25) is 15.9 Å². The van der Waals surface area contributed by atoms with E-state index in [2.05, 4.69) is 29.8 Å². The Labute approximate surface area is 214 Å². The van der Waals surface area contributed by atoms with E-state index >= 15 is 0 Å². The number of anilines is 1. The Kier molecular flexibility index (Phi) is 7.54. The van der Waals surface area contributed by atoms with Gasteiger partial charge in [-0.05, 0) is 59.9 Å². The van der Waals surface area contributed by atoms with Crippen molar-refractivity contribution in [3.63, 3.8) is 0 Å². The van der Waals surface area contributed by atoms with Crippen molar-refractivity contribution in [1.82, 2.24) is 4.31 Å². The Morgan fingerprint density at radius 2 is 1.57 bits per heavy atom. The summed E-state index contributed by atoms with van der Waals surface area (Å²) in [6, 6.07) is 21.9. The lowest BCUT2D eigenvalue weighted by atomic mass is 10.0. The minimum Gasteiger partial charge on any atom is -0.274 e. The number of nitrogens with zero attached hydrogens (tertiary/aromatic N) is 2. The third-order valence-electron chi connectivity index (χ3n) is 6.17. The topological polar surface area (TPSA) is 74.8 Å². The van der Waals surface area contributed by atoms with E-state index in [-0.39, 0.29) is 17.9 Å². The molecule has 4 rings (SSSR count). The number of carbonyl (C=O) groups is 2. The van der Waals surface area contributed by atoms with Gasteiger partial charge in [0.25, 0.3) is 5.91 Å². The zero-order valence-electron chi connectivity index (χ0n) is 19.6. The first kappa shape index (κ1) is 25.3. The average Bonchev–Trinajstić information content (AvgIpc) is 3.13. The van der Waals surface area contributed by atoms with Gasteiger partial charge in [0.05, 0.1) is 17.0 Å². The van der Waals surface area contributed by atoms with Crippen LogP contribution in [0.5, 0.6) is 0 Å². The zero-order chi connectivity index (χ0) is 25.2. The molecule has 0 N–H and O–H groups in total. The second kappa shape index (κ2) is 10.4. The number of halogens is 1. The van der Waals surface area contributed by atoms with Crippen LogP contribution in [0.2, 0.25) is 0 Å². The van der Waals surface area contributed by atoms with Gasteiger partial charge < -0.3 is 0 Å². The van der Waals surface area contributed by atoms with Gasteiger partial charge in [-0.25, -0.2) is 13.3 Å². The van der Waals surface area contributed by atoms with Crippen LogP contribution < -0.4 is 4.90 Å². The summed E-state index contributed by atoms with van der Waals surface area (Å²) < 4.78 is 29.3. The molecule has 0 spiro atoms. The predicted molar refractivity (Wildman–Crippen MR) is 140 cm³/mol. The van der Waals surface area contributed by atoms with Gasteiger partial charge in [-0.15, -0.1) is 0 Å². The molecule has 2 amide bonds. The van der Waals surface area contributed by atoms with E-state index in [0.717, 1.165) is 20.5 Å². The molecule has 3 aromatic carbocycles. The predicted octanol–water partition coefficient (Wildman–Crippen LogP) is 5.14. The van der Waals surface area contributed by atoms with Crippen LogP contribution in [-0.2, 0) is 26.0 Å². The normalized spacial score (nSPS) is 16.5. The number of rotatable bonds is 8. The quantitative estimate of drug-likeness (QED) is 0.361. The third-order valence-corrected chi connectivity index (χ3v) is 8.62. The number of benzene rings is 3. The zero-order valence-corrected chi connectivity index (χ0v) is 22.0. The largest absolute Gasteiger partial charge is 0.274 e. The Morgan fingerprint density at radius 3 is 2.17 bits per heavy atom. The molecule has 35 heavy (non-hydrogen) atoms. The number of carbonyl (C=O) groups excluding carboxylic acids is 2. The molecule has 0 aliphatic carbocycles. The first-order chi connectivity index (χ1) is 16.7. The van der Waals surface area contributed by atoms with Crippen LogP contribution in [0.25, 0.3) is 0 Å². The van der Waals surface area contributed by atoms with Gasteiger partial charge >= 0.3 is 0 Å². The van der Waals surface area contributed by atoms with Crippen molar-refractivity contribution in [2.24, 2.45) is 0 Å². The Morgan fingerprint density at radius 1 is 0.943 bits per heavy atom. The molecular formula is C27H27BrN2O4S. The molecule has 8 heteroatoms. The van der Waals surface area contributed by atoms with Crippen LogP contribution >= 0.6 is 15.9 Å². The fourth-order valence-electron chi connectivity index (χ4n) is 4.19. The fourth-order valence-corrected chi connectivity index (χ4v) is 6.04. The molecule has 1 unspecified atom stereocenters. The van der Waals surface area contributed by atoms with Crippen LogP contribution in [0.15, 0.2) is 88.2 Å². The molecule has 1 fully saturated rings. The summed E-state index contributed by atoms with van der Waals surface area (Å²) in [5, 5.41) is 0. The van der Waals surface area contributed by atoms with Gasteiger partial charge in [-0.1, -0.05) is 72.2 Å². The smallest absolute Gasteiger partial charge is 0.252 e. The Balaban J connectivity index is 1.67. The molecule has 0 radical (unpaired) electrons. The Hall–Kier alpha value is -2.81. The van der Waals surface area contributed by atoms with Crippen LogP contribution in [0.3, 0.4) is 0 Å². The molecule has 1 saturated heterocycles. The van der Waals surface area contributed by atoms with Crippen molar-refractivity contribution in [2.75, 3.05) is 11.4 Å². The molecule has 1 aliphatic rings. The van der Waals surface area contributed by atoms with Gasteiger partial charge in [-0.3, -0.25) is 9.59 Å². The van der Waals surface area contributed by atoms with E-state index in [4.69, 9.17) is 0 Å². The summed E-state index contributed by atoms with van der Waals surface area (Å²) in [4.78, 5) is 27.7. The van der Waals surface area contributed by atoms with Crippen LogP contribution in [0, 0.1) is 0 Å². The molecule has 0 bridgehead atoms. The SMILES string of the molecule is CC(C)c1ccc(N2C(=O)CC(N(CCc3ccccc3)S(=O)(=O)c3ccc(Br)cc3)C2=O)cc1. The molecular weight excluding hydrogens is 528 g/mol. The van der Waals surface area contributed by atoms with E-state index in [9.17, 15) is 18.0 Å². The molecule has 1 aliphatic heterocycles. The van der Waals surface area contributed by atoms with E-state index in [0.29, 0.717) is 18.0 Å². The maximum Gasteiger partial charge on any atom is 0.252 e. The maximum absolute atomic E-state index is 13.7. The number of amides is 2. The lowest BCUT2D eigenvalue weighted by molar-refractivity contribution is -0.122. The summed E-state index contributed by atoms with van der Waals surface area (Å²) in [6.45, 7) is 4.20. The first-order valence-corrected chi connectivity index (χ1v) is 13.7. The number of hydrogen-bond donors (Lipinski definition) is 0. The van der Waals surface area contributed by atoms with Gasteiger partial charge in [0.15, 0.2) is 0 Å². The van der Waals surface area contributed by atoms with E-state index in [1.54, 1.807) is 24.3 Å². The summed E-state index contributed by atoms with van der Waals surface area (Å²) >= 11 is 3.33. The summed E-state index contributed by atoms with van der Waals surface area (Å²) in [5.74, 6) is -0.625. The third kappa shape index (κ3) is 5.39. The van der Waals surface area contributed by atoms with Crippen molar-refractivity contribution in [2.45, 2.75) is 43.5 Å². The van der Waals surface area contributed by atoms with Crippen LogP contribution in [0.4, 0.5) is 5.69 Å². The van der Waals surface area contributed by atoms with E-state index in [1.807, 2.05) is 42.5 Å². The van der Waals surface area contributed by atoms with E-state index in [1.165, 1.54) is 16.4 Å².